The Morgan fingerprint density at radius 3 is 2.61 bits per heavy atom. The zero-order valence-electron chi connectivity index (χ0n) is 23.9. The molecule has 0 radical (unpaired) electrons. The first-order chi connectivity index (χ1) is 19.5. The third-order valence-electron chi connectivity index (χ3n) is 10.6. The molecule has 8 heteroatoms. The summed E-state index contributed by atoms with van der Waals surface area (Å²) in [5.74, 6) is -1.50. The number of fused-ring (bicyclic) bond motifs is 5. The maximum Gasteiger partial charge on any atom is 0.306 e. The van der Waals surface area contributed by atoms with Crippen LogP contribution in [-0.2, 0) is 30.3 Å². The maximum atomic E-state index is 13.4. The minimum atomic E-state index is -1.71. The van der Waals surface area contributed by atoms with Crippen LogP contribution in [0.4, 0.5) is 0 Å². The fraction of sp³-hybridized carbons (Fsp3) is 0.576. The minimum absolute atomic E-state index is 0.0181. The van der Waals surface area contributed by atoms with Crippen molar-refractivity contribution in [1.29, 1.82) is 0 Å². The predicted octanol–water partition coefficient (Wildman–Crippen LogP) is 3.25. The zero-order chi connectivity index (χ0) is 29.4. The molecule has 4 aliphatic rings. The van der Waals surface area contributed by atoms with Gasteiger partial charge in [0.25, 0.3) is 0 Å². The van der Waals surface area contributed by atoms with Crippen molar-refractivity contribution in [2.45, 2.75) is 76.9 Å². The third kappa shape index (κ3) is 5.32. The number of rotatable bonds is 9. The van der Waals surface area contributed by atoms with Crippen LogP contribution in [0.1, 0.15) is 64.4 Å². The second-order valence-electron chi connectivity index (χ2n) is 12.8. The van der Waals surface area contributed by atoms with Gasteiger partial charge in [-0.05, 0) is 68.1 Å². The molecule has 1 amide bonds. The molecule has 0 bridgehead atoms. The van der Waals surface area contributed by atoms with Gasteiger partial charge < -0.3 is 20.3 Å². The van der Waals surface area contributed by atoms with Crippen LogP contribution in [0.3, 0.4) is 0 Å². The quantitative estimate of drug-likeness (QED) is 0.393. The molecule has 3 fully saturated rings. The average Bonchev–Trinajstić information content (AvgIpc) is 3.22. The maximum absolute atomic E-state index is 13.4. The molecule has 3 saturated carbocycles. The van der Waals surface area contributed by atoms with Crippen LogP contribution in [0, 0.1) is 28.6 Å². The van der Waals surface area contributed by atoms with E-state index in [4.69, 9.17) is 4.74 Å². The second-order valence-corrected chi connectivity index (χ2v) is 12.8. The molecule has 0 saturated heterocycles. The van der Waals surface area contributed by atoms with Gasteiger partial charge in [-0.3, -0.25) is 19.2 Å². The van der Waals surface area contributed by atoms with Crippen LogP contribution >= 0.6 is 0 Å². The summed E-state index contributed by atoms with van der Waals surface area (Å²) >= 11 is 0. The number of ether oxygens (including phenoxy) is 1. The molecule has 41 heavy (non-hydrogen) atoms. The van der Waals surface area contributed by atoms with Gasteiger partial charge in [0.1, 0.15) is 5.60 Å². The SMILES string of the molecule is CC12C=CC(=O)C=C1CCC1C2C(O)CC2(C)C1CCC2(O)C(=O)COC(=O)CCC(=O)NCCc1ccccc1. The first-order valence-electron chi connectivity index (χ1n) is 14.8. The Morgan fingerprint density at radius 1 is 1.10 bits per heavy atom. The summed E-state index contributed by atoms with van der Waals surface area (Å²) in [7, 11) is 0. The van der Waals surface area contributed by atoms with Crippen LogP contribution in [0.15, 0.2) is 54.1 Å². The molecule has 0 heterocycles. The molecule has 1 aromatic rings. The molecular formula is C33H41NO7. The Labute approximate surface area is 241 Å². The predicted molar refractivity (Wildman–Crippen MR) is 151 cm³/mol. The van der Waals surface area contributed by atoms with Crippen molar-refractivity contribution in [3.8, 4) is 0 Å². The number of carbonyl (C=O) groups excluding carboxylic acids is 4. The lowest BCUT2D eigenvalue weighted by Gasteiger charge is -2.59. The standard InChI is InChI=1S/C33H41NO7/c1-31-15-12-23(35)18-22(31)8-9-24-25-13-16-33(40,32(25,2)19-26(36)30(24)31)27(37)20-41-29(39)11-10-28(38)34-17-14-21-6-4-3-5-7-21/h3-7,12,15,18,24-26,30,36,40H,8-11,13-14,16-17,19-20H2,1-2H3,(H,34,38). The number of hydrogen-bond acceptors (Lipinski definition) is 7. The molecular weight excluding hydrogens is 522 g/mol. The van der Waals surface area contributed by atoms with Crippen molar-refractivity contribution in [2.24, 2.45) is 28.6 Å². The van der Waals surface area contributed by atoms with Crippen molar-refractivity contribution in [2.75, 3.05) is 13.2 Å². The van der Waals surface area contributed by atoms with Crippen LogP contribution in [0.5, 0.6) is 0 Å². The summed E-state index contributed by atoms with van der Waals surface area (Å²) in [6, 6.07) is 9.76. The molecule has 0 aromatic heterocycles. The van der Waals surface area contributed by atoms with Crippen molar-refractivity contribution in [3.63, 3.8) is 0 Å². The Kier molecular flexibility index (Phi) is 8.09. The average molecular weight is 564 g/mol. The van der Waals surface area contributed by atoms with Gasteiger partial charge in [0.15, 0.2) is 12.4 Å². The molecule has 0 aliphatic heterocycles. The van der Waals surface area contributed by atoms with Crippen LogP contribution in [-0.4, -0.2) is 58.5 Å². The van der Waals surface area contributed by atoms with E-state index in [0.29, 0.717) is 19.4 Å². The van der Waals surface area contributed by atoms with Gasteiger partial charge in [-0.15, -0.1) is 0 Å². The van der Waals surface area contributed by atoms with Gasteiger partial charge in [-0.25, -0.2) is 0 Å². The van der Waals surface area contributed by atoms with Gasteiger partial charge in [0.05, 0.1) is 12.5 Å². The number of esters is 1. The number of aliphatic hydroxyl groups excluding tert-OH is 1. The van der Waals surface area contributed by atoms with Gasteiger partial charge >= 0.3 is 5.97 Å². The Hall–Kier alpha value is -3.10. The fourth-order valence-electron chi connectivity index (χ4n) is 8.42. The van der Waals surface area contributed by atoms with Gasteiger partial charge in [0, 0.05) is 29.7 Å². The number of carbonyl (C=O) groups is 4. The minimum Gasteiger partial charge on any atom is -0.458 e. The van der Waals surface area contributed by atoms with Crippen molar-refractivity contribution >= 4 is 23.4 Å². The highest BCUT2D eigenvalue weighted by Gasteiger charge is 2.68. The van der Waals surface area contributed by atoms with Gasteiger partial charge in [-0.1, -0.05) is 55.8 Å². The number of nitrogens with one attached hydrogen (secondary N) is 1. The van der Waals surface area contributed by atoms with E-state index in [2.05, 4.69) is 12.2 Å². The third-order valence-corrected chi connectivity index (χ3v) is 10.6. The Bertz CT molecular complexity index is 1270. The fourth-order valence-corrected chi connectivity index (χ4v) is 8.42. The number of aliphatic hydroxyl groups is 2. The highest BCUT2D eigenvalue weighted by molar-refractivity contribution is 6.01. The van der Waals surface area contributed by atoms with E-state index >= 15 is 0 Å². The lowest BCUT2D eigenvalue weighted by molar-refractivity contribution is -0.181. The first-order valence-corrected chi connectivity index (χ1v) is 14.8. The van der Waals surface area contributed by atoms with E-state index < -0.39 is 40.9 Å². The monoisotopic (exact) mass is 563 g/mol. The van der Waals surface area contributed by atoms with Crippen LogP contribution in [0.2, 0.25) is 0 Å². The number of hydrogen-bond donors (Lipinski definition) is 3. The van der Waals surface area contributed by atoms with E-state index in [0.717, 1.165) is 24.0 Å². The lowest BCUT2D eigenvalue weighted by Crippen LogP contribution is -2.61. The Morgan fingerprint density at radius 2 is 1.85 bits per heavy atom. The molecule has 4 aliphatic carbocycles. The summed E-state index contributed by atoms with van der Waals surface area (Å²) in [4.78, 5) is 49.9. The summed E-state index contributed by atoms with van der Waals surface area (Å²) < 4.78 is 5.22. The van der Waals surface area contributed by atoms with Crippen LogP contribution < -0.4 is 5.32 Å². The van der Waals surface area contributed by atoms with Gasteiger partial charge in [-0.2, -0.15) is 0 Å². The summed E-state index contributed by atoms with van der Waals surface area (Å²) in [5, 5.41) is 26.1. The van der Waals surface area contributed by atoms with Crippen molar-refractivity contribution in [3.05, 3.63) is 59.7 Å². The number of Topliss-reactive ketones (excluding diaryl/α,β-unsaturated/α-hetero) is 1. The lowest BCUT2D eigenvalue weighted by atomic mass is 9.46. The number of amides is 1. The highest BCUT2D eigenvalue weighted by atomic mass is 16.5. The number of ketones is 2. The normalized spacial score (nSPS) is 35.5. The number of benzene rings is 1. The molecule has 7 atom stereocenters. The first kappa shape index (κ1) is 29.4. The smallest absolute Gasteiger partial charge is 0.306 e. The van der Waals surface area contributed by atoms with E-state index in [1.165, 1.54) is 0 Å². The number of allylic oxidation sites excluding steroid dienone is 4. The molecule has 7 unspecified atom stereocenters. The molecule has 8 nitrogen and oxygen atoms in total. The van der Waals surface area contributed by atoms with Gasteiger partial charge in [0.2, 0.25) is 11.7 Å². The molecule has 5 rings (SSSR count). The summed E-state index contributed by atoms with van der Waals surface area (Å²) in [5.41, 5.74) is -0.842. The molecule has 0 spiro atoms. The van der Waals surface area contributed by atoms with E-state index in [-0.39, 0.29) is 55.1 Å². The Balaban J connectivity index is 1.15. The van der Waals surface area contributed by atoms with E-state index in [1.807, 2.05) is 43.3 Å². The van der Waals surface area contributed by atoms with E-state index in [9.17, 15) is 29.4 Å². The molecule has 3 N–H and O–H groups in total. The summed E-state index contributed by atoms with van der Waals surface area (Å²) in [6.45, 7) is 3.87. The van der Waals surface area contributed by atoms with Crippen molar-refractivity contribution in [1.82, 2.24) is 5.32 Å². The zero-order valence-corrected chi connectivity index (χ0v) is 23.9. The van der Waals surface area contributed by atoms with E-state index in [1.54, 1.807) is 12.2 Å². The van der Waals surface area contributed by atoms with Crippen LogP contribution in [0.25, 0.3) is 0 Å². The summed E-state index contributed by atoms with van der Waals surface area (Å²) in [6.07, 6.45) is 7.63. The topological polar surface area (TPSA) is 130 Å². The molecule has 220 valence electrons. The largest absolute Gasteiger partial charge is 0.458 e. The highest BCUT2D eigenvalue weighted by Crippen LogP contribution is 2.67. The van der Waals surface area contributed by atoms with Crippen molar-refractivity contribution < 1.29 is 34.1 Å². The molecule has 1 aromatic carbocycles. The second kappa shape index (κ2) is 11.3.